The average molecular weight is 227 g/mol. The molecule has 0 aromatic carbocycles. The summed E-state index contributed by atoms with van der Waals surface area (Å²) in [6.45, 7) is 7.56. The zero-order valence-corrected chi connectivity index (χ0v) is 11.1. The van der Waals surface area contributed by atoms with Crippen LogP contribution in [0.3, 0.4) is 0 Å². The first kappa shape index (κ1) is 14.0. The van der Waals surface area contributed by atoms with E-state index in [1.54, 1.807) is 0 Å². The first-order valence-corrected chi connectivity index (χ1v) is 7.15. The van der Waals surface area contributed by atoms with Crippen LogP contribution in [0.1, 0.15) is 58.8 Å². The molecule has 0 spiro atoms. The molecular weight excluding hydrogens is 198 g/mol. The number of unbranched alkanes of at least 4 members (excludes halogenated alkanes) is 2. The van der Waals surface area contributed by atoms with Gasteiger partial charge in [-0.2, -0.15) is 0 Å². The maximum Gasteiger partial charge on any atom is 0.0671 e. The van der Waals surface area contributed by atoms with Gasteiger partial charge in [-0.15, -0.1) is 0 Å². The van der Waals surface area contributed by atoms with Crippen LogP contribution in [0.25, 0.3) is 0 Å². The lowest BCUT2D eigenvalue weighted by atomic mass is 10.1. The summed E-state index contributed by atoms with van der Waals surface area (Å²) in [4.78, 5) is 0. The van der Waals surface area contributed by atoms with Gasteiger partial charge in [0.05, 0.1) is 6.10 Å². The summed E-state index contributed by atoms with van der Waals surface area (Å²) >= 11 is 0. The van der Waals surface area contributed by atoms with Gasteiger partial charge in [-0.3, -0.25) is 0 Å². The quantitative estimate of drug-likeness (QED) is 0.610. The summed E-state index contributed by atoms with van der Waals surface area (Å²) < 4.78 is 5.87. The number of hydrogen-bond donors (Lipinski definition) is 1. The third-order valence-corrected chi connectivity index (χ3v) is 3.48. The molecule has 1 aliphatic rings. The van der Waals surface area contributed by atoms with E-state index in [1.807, 2.05) is 0 Å². The molecule has 16 heavy (non-hydrogen) atoms. The van der Waals surface area contributed by atoms with E-state index in [2.05, 4.69) is 19.2 Å². The van der Waals surface area contributed by atoms with Crippen molar-refractivity contribution in [1.29, 1.82) is 0 Å². The van der Waals surface area contributed by atoms with Gasteiger partial charge in [0.1, 0.15) is 0 Å². The molecule has 96 valence electrons. The van der Waals surface area contributed by atoms with Gasteiger partial charge in [-0.25, -0.2) is 0 Å². The third kappa shape index (κ3) is 6.49. The SMILES string of the molecule is CCCCCNCC(C)OCC1CCCC1. The lowest BCUT2D eigenvalue weighted by Crippen LogP contribution is -2.28. The molecule has 0 saturated heterocycles. The number of rotatable bonds is 9. The van der Waals surface area contributed by atoms with Gasteiger partial charge in [0.25, 0.3) is 0 Å². The summed E-state index contributed by atoms with van der Waals surface area (Å²) in [6, 6.07) is 0. The highest BCUT2D eigenvalue weighted by Crippen LogP contribution is 2.24. The van der Waals surface area contributed by atoms with Crippen molar-refractivity contribution < 1.29 is 4.74 Å². The molecule has 0 aromatic heterocycles. The van der Waals surface area contributed by atoms with E-state index in [0.29, 0.717) is 6.10 Å². The second-order valence-electron chi connectivity index (χ2n) is 5.21. The van der Waals surface area contributed by atoms with Gasteiger partial charge in [-0.1, -0.05) is 32.6 Å². The van der Waals surface area contributed by atoms with Crippen LogP contribution in [0.5, 0.6) is 0 Å². The Morgan fingerprint density at radius 1 is 1.25 bits per heavy atom. The first-order chi connectivity index (χ1) is 7.83. The smallest absolute Gasteiger partial charge is 0.0671 e. The van der Waals surface area contributed by atoms with Crippen molar-refractivity contribution in [3.05, 3.63) is 0 Å². The van der Waals surface area contributed by atoms with E-state index in [-0.39, 0.29) is 0 Å². The normalized spacial score (nSPS) is 19.1. The third-order valence-electron chi connectivity index (χ3n) is 3.48. The summed E-state index contributed by atoms with van der Waals surface area (Å²) in [5.74, 6) is 0.850. The van der Waals surface area contributed by atoms with E-state index < -0.39 is 0 Å². The molecule has 1 fully saturated rings. The first-order valence-electron chi connectivity index (χ1n) is 7.15. The van der Waals surface area contributed by atoms with Crippen molar-refractivity contribution in [2.45, 2.75) is 64.9 Å². The molecule has 1 atom stereocenters. The summed E-state index contributed by atoms with van der Waals surface area (Å²) in [5.41, 5.74) is 0. The van der Waals surface area contributed by atoms with Crippen molar-refractivity contribution in [2.75, 3.05) is 19.7 Å². The summed E-state index contributed by atoms with van der Waals surface area (Å²) in [7, 11) is 0. The molecule has 0 radical (unpaired) electrons. The molecule has 2 heteroatoms. The topological polar surface area (TPSA) is 21.3 Å². The van der Waals surface area contributed by atoms with Gasteiger partial charge in [0.15, 0.2) is 0 Å². The fraction of sp³-hybridized carbons (Fsp3) is 1.00. The minimum atomic E-state index is 0.377. The van der Waals surface area contributed by atoms with Gasteiger partial charge in [0.2, 0.25) is 0 Å². The van der Waals surface area contributed by atoms with Crippen LogP contribution in [-0.4, -0.2) is 25.8 Å². The van der Waals surface area contributed by atoms with Crippen LogP contribution in [-0.2, 0) is 4.74 Å². The van der Waals surface area contributed by atoms with Crippen LogP contribution in [0.15, 0.2) is 0 Å². The summed E-state index contributed by atoms with van der Waals surface area (Å²) in [6.07, 6.45) is 9.91. The van der Waals surface area contributed by atoms with Gasteiger partial charge >= 0.3 is 0 Å². The van der Waals surface area contributed by atoms with Gasteiger partial charge in [-0.05, 0) is 38.6 Å². The van der Waals surface area contributed by atoms with Crippen LogP contribution in [0.4, 0.5) is 0 Å². The molecule has 1 saturated carbocycles. The molecule has 0 heterocycles. The molecule has 1 aliphatic carbocycles. The fourth-order valence-electron chi connectivity index (χ4n) is 2.34. The molecule has 2 nitrogen and oxygen atoms in total. The second kappa shape index (κ2) is 9.00. The monoisotopic (exact) mass is 227 g/mol. The predicted molar refractivity (Wildman–Crippen MR) is 69.8 cm³/mol. The molecule has 0 aromatic rings. The minimum absolute atomic E-state index is 0.377. The van der Waals surface area contributed by atoms with Crippen LogP contribution >= 0.6 is 0 Å². The zero-order valence-electron chi connectivity index (χ0n) is 11.1. The van der Waals surface area contributed by atoms with Crippen molar-refractivity contribution in [1.82, 2.24) is 5.32 Å². The number of hydrogen-bond acceptors (Lipinski definition) is 2. The van der Waals surface area contributed by atoms with Crippen molar-refractivity contribution in [3.63, 3.8) is 0 Å². The van der Waals surface area contributed by atoms with E-state index >= 15 is 0 Å². The summed E-state index contributed by atoms with van der Waals surface area (Å²) in [5, 5.41) is 3.47. The Hall–Kier alpha value is -0.0800. The zero-order chi connectivity index (χ0) is 11.6. The second-order valence-corrected chi connectivity index (χ2v) is 5.21. The molecule has 1 N–H and O–H groups in total. The Balaban J connectivity index is 1.87. The number of ether oxygens (including phenoxy) is 1. The minimum Gasteiger partial charge on any atom is -0.377 e. The van der Waals surface area contributed by atoms with Crippen molar-refractivity contribution in [2.24, 2.45) is 5.92 Å². The van der Waals surface area contributed by atoms with E-state index in [1.165, 1.54) is 44.9 Å². The van der Waals surface area contributed by atoms with Crippen LogP contribution < -0.4 is 5.32 Å². The highest BCUT2D eigenvalue weighted by atomic mass is 16.5. The molecule has 0 bridgehead atoms. The van der Waals surface area contributed by atoms with E-state index in [0.717, 1.165) is 25.6 Å². The van der Waals surface area contributed by atoms with E-state index in [4.69, 9.17) is 4.74 Å². The van der Waals surface area contributed by atoms with Gasteiger partial charge < -0.3 is 10.1 Å². The van der Waals surface area contributed by atoms with Gasteiger partial charge in [0, 0.05) is 13.2 Å². The predicted octanol–water partition coefficient (Wildman–Crippen LogP) is 3.36. The Bertz CT molecular complexity index is 155. The fourth-order valence-corrected chi connectivity index (χ4v) is 2.34. The van der Waals surface area contributed by atoms with Crippen molar-refractivity contribution in [3.8, 4) is 0 Å². The maximum atomic E-state index is 5.87. The molecule has 0 amide bonds. The highest BCUT2D eigenvalue weighted by molar-refractivity contribution is 4.67. The maximum absolute atomic E-state index is 5.87. The Morgan fingerprint density at radius 3 is 2.69 bits per heavy atom. The Morgan fingerprint density at radius 2 is 2.00 bits per heavy atom. The Labute approximate surface area is 101 Å². The van der Waals surface area contributed by atoms with Crippen LogP contribution in [0, 0.1) is 5.92 Å². The molecule has 1 unspecified atom stereocenters. The molecule has 0 aliphatic heterocycles. The highest BCUT2D eigenvalue weighted by Gasteiger charge is 2.15. The Kier molecular flexibility index (Phi) is 7.87. The standard InChI is InChI=1S/C14H29NO/c1-3-4-7-10-15-11-13(2)16-12-14-8-5-6-9-14/h13-15H,3-12H2,1-2H3. The molecular formula is C14H29NO. The van der Waals surface area contributed by atoms with Crippen LogP contribution in [0.2, 0.25) is 0 Å². The lowest BCUT2D eigenvalue weighted by molar-refractivity contribution is 0.0418. The van der Waals surface area contributed by atoms with Crippen molar-refractivity contribution >= 4 is 0 Å². The largest absolute Gasteiger partial charge is 0.377 e. The number of nitrogens with one attached hydrogen (secondary N) is 1. The van der Waals surface area contributed by atoms with E-state index in [9.17, 15) is 0 Å². The molecule has 1 rings (SSSR count). The average Bonchev–Trinajstić information content (AvgIpc) is 2.79. The lowest BCUT2D eigenvalue weighted by Gasteiger charge is -2.16.